The number of aryl methyl sites for hydroxylation is 1. The molecule has 0 bridgehead atoms. The quantitative estimate of drug-likeness (QED) is 0.0473. The largest absolute Gasteiger partial charge is 0.389 e. The van der Waals surface area contributed by atoms with Crippen molar-refractivity contribution >= 4 is 35.0 Å². The summed E-state index contributed by atoms with van der Waals surface area (Å²) in [4.78, 5) is 63.8. The topological polar surface area (TPSA) is 185 Å². The summed E-state index contributed by atoms with van der Waals surface area (Å²) in [7, 11) is 6.04. The fourth-order valence-electron chi connectivity index (χ4n) is 7.00. The molecule has 1 fully saturated rings. The number of unbranched alkanes of at least 4 members (excludes halogenated alkanes) is 4. The number of likely N-dealkylation sites (N-methyl/N-ethyl adjacent to an activating group) is 1. The van der Waals surface area contributed by atoms with Gasteiger partial charge in [-0.3, -0.25) is 24.0 Å². The molecule has 1 atom stereocenters. The van der Waals surface area contributed by atoms with Crippen LogP contribution in [0.25, 0.3) is 0 Å². The van der Waals surface area contributed by atoms with Crippen molar-refractivity contribution in [1.29, 1.82) is 0 Å². The monoisotopic (exact) mass is 801 g/mol. The van der Waals surface area contributed by atoms with Gasteiger partial charge in [0.25, 0.3) is 0 Å². The Hall–Kier alpha value is -4.81. The first-order valence-corrected chi connectivity index (χ1v) is 20.3. The van der Waals surface area contributed by atoms with Gasteiger partial charge in [-0.2, -0.15) is 10.2 Å². The first-order valence-electron chi connectivity index (χ1n) is 20.3. The molecule has 0 aromatic heterocycles. The van der Waals surface area contributed by atoms with Gasteiger partial charge in [0.05, 0.1) is 40.9 Å². The number of carbonyl (C=O) groups excluding carboxylic acids is 5. The first-order chi connectivity index (χ1) is 27.7. The Balaban J connectivity index is 1.17. The van der Waals surface area contributed by atoms with E-state index in [1.165, 1.54) is 0 Å². The molecule has 0 unspecified atom stereocenters. The van der Waals surface area contributed by atoms with E-state index < -0.39 is 35.8 Å². The minimum Gasteiger partial charge on any atom is -0.389 e. The number of anilines is 1. The van der Waals surface area contributed by atoms with E-state index in [0.717, 1.165) is 54.5 Å². The lowest BCUT2D eigenvalue weighted by Crippen LogP contribution is -2.59. The Morgan fingerprint density at radius 2 is 1.48 bits per heavy atom. The highest BCUT2D eigenvalue weighted by atomic mass is 16.7. The van der Waals surface area contributed by atoms with Crippen LogP contribution in [0.4, 0.5) is 5.69 Å². The molecule has 2 aliphatic heterocycles. The van der Waals surface area contributed by atoms with Crippen LogP contribution in [-0.2, 0) is 45.5 Å². The number of hydrogen-bond acceptors (Lipinski definition) is 10. The van der Waals surface area contributed by atoms with Crippen LogP contribution in [0.3, 0.4) is 0 Å². The Kier molecular flexibility index (Phi) is 17.3. The highest BCUT2D eigenvalue weighted by Gasteiger charge is 2.50. The number of benzene rings is 2. The summed E-state index contributed by atoms with van der Waals surface area (Å²) < 4.78 is 12.4. The molecule has 2 aromatic carbocycles. The number of aliphatic hydroxyl groups is 1. The second kappa shape index (κ2) is 21.8. The maximum absolute atomic E-state index is 13.6. The minimum absolute atomic E-state index is 0.0395. The third-order valence-electron chi connectivity index (χ3n) is 10.7. The second-order valence-electron chi connectivity index (χ2n) is 16.3. The molecule has 14 nitrogen and oxygen atoms in total. The van der Waals surface area contributed by atoms with Crippen LogP contribution in [0, 0.1) is 17.8 Å². The van der Waals surface area contributed by atoms with Crippen molar-refractivity contribution in [2.75, 3.05) is 59.4 Å². The first kappa shape index (κ1) is 45.9. The molecule has 58 heavy (non-hydrogen) atoms. The molecular formula is C44H61N6O8+. The molecule has 4 N–H and O–H groups in total. The predicted molar refractivity (Wildman–Crippen MR) is 219 cm³/mol. The highest BCUT2D eigenvalue weighted by molar-refractivity contribution is 6.05. The fraction of sp³-hybridized carbons (Fsp3) is 0.568. The van der Waals surface area contributed by atoms with Crippen molar-refractivity contribution in [2.45, 2.75) is 102 Å². The number of nitrogens with zero attached hydrogens (tertiary/aromatic N) is 3. The lowest BCUT2D eigenvalue weighted by Gasteiger charge is -2.37. The van der Waals surface area contributed by atoms with Crippen LogP contribution < -0.4 is 16.0 Å². The number of ether oxygens (including phenoxy) is 2. The summed E-state index contributed by atoms with van der Waals surface area (Å²) in [6.07, 6.45) is 12.4. The van der Waals surface area contributed by atoms with E-state index in [-0.39, 0.29) is 43.3 Å². The van der Waals surface area contributed by atoms with E-state index in [2.05, 4.69) is 32.1 Å². The van der Waals surface area contributed by atoms with Crippen molar-refractivity contribution < 1.29 is 43.0 Å². The van der Waals surface area contributed by atoms with Gasteiger partial charge in [-0.25, -0.2) is 0 Å². The maximum atomic E-state index is 13.6. The van der Waals surface area contributed by atoms with Gasteiger partial charge in [0.15, 0.2) is 23.3 Å². The van der Waals surface area contributed by atoms with Gasteiger partial charge < -0.3 is 35.0 Å². The van der Waals surface area contributed by atoms with Gasteiger partial charge in [0, 0.05) is 49.0 Å². The zero-order chi connectivity index (χ0) is 42.2. The van der Waals surface area contributed by atoms with Gasteiger partial charge in [0.1, 0.15) is 12.6 Å². The number of quaternary nitrogens is 1. The SMILES string of the molecule is C#CCNC(=O)C1(C(=O)NCCCC[C@@H](C(=O)CCCc2ccc(NC(=O)CCCCCCC(=O)CO)cc2)[N+](C)(C)C)COC(c2ccc(C3(C)N=N3)cc2)OC1. The molecule has 2 heterocycles. The Labute approximate surface area is 342 Å². The molecule has 0 spiro atoms. The van der Waals surface area contributed by atoms with E-state index in [1.54, 1.807) is 0 Å². The van der Waals surface area contributed by atoms with Gasteiger partial charge in [0.2, 0.25) is 23.4 Å². The maximum Gasteiger partial charge on any atom is 0.241 e. The smallest absolute Gasteiger partial charge is 0.241 e. The van der Waals surface area contributed by atoms with Gasteiger partial charge in [-0.05, 0) is 63.1 Å². The van der Waals surface area contributed by atoms with Crippen LogP contribution in [0.2, 0.25) is 0 Å². The normalized spacial score (nSPS) is 18.7. The Morgan fingerprint density at radius 3 is 2.09 bits per heavy atom. The lowest BCUT2D eigenvalue weighted by molar-refractivity contribution is -0.886. The third-order valence-corrected chi connectivity index (χ3v) is 10.7. The van der Waals surface area contributed by atoms with Crippen LogP contribution >= 0.6 is 0 Å². The van der Waals surface area contributed by atoms with Gasteiger partial charge >= 0.3 is 0 Å². The van der Waals surface area contributed by atoms with E-state index in [9.17, 15) is 24.0 Å². The van der Waals surface area contributed by atoms with E-state index in [0.29, 0.717) is 56.0 Å². The Morgan fingerprint density at radius 1 is 0.845 bits per heavy atom. The minimum atomic E-state index is -1.62. The van der Waals surface area contributed by atoms with Crippen LogP contribution in [0.1, 0.15) is 101 Å². The molecular weight excluding hydrogens is 741 g/mol. The molecule has 0 radical (unpaired) electrons. The number of nitrogens with one attached hydrogen (secondary N) is 3. The predicted octanol–water partition coefficient (Wildman–Crippen LogP) is 4.90. The van der Waals surface area contributed by atoms with Crippen LogP contribution in [0.5, 0.6) is 0 Å². The van der Waals surface area contributed by atoms with Crippen LogP contribution in [-0.4, -0.2) is 99.0 Å². The summed E-state index contributed by atoms with van der Waals surface area (Å²) in [5, 5.41) is 25.4. The summed E-state index contributed by atoms with van der Waals surface area (Å²) >= 11 is 0. The molecule has 314 valence electrons. The average molecular weight is 802 g/mol. The van der Waals surface area contributed by atoms with Crippen molar-refractivity contribution in [1.82, 2.24) is 10.6 Å². The zero-order valence-corrected chi connectivity index (χ0v) is 34.5. The number of ketones is 2. The molecule has 2 aliphatic rings. The van der Waals surface area contributed by atoms with Crippen LogP contribution in [0.15, 0.2) is 58.8 Å². The number of Topliss-reactive ketones (excluding diaryl/α,β-unsaturated/α-hetero) is 2. The number of terminal acetylenes is 1. The molecule has 2 aromatic rings. The van der Waals surface area contributed by atoms with Gasteiger partial charge in [-0.15, -0.1) is 6.42 Å². The average Bonchev–Trinajstić information content (AvgIpc) is 3.97. The fourth-order valence-corrected chi connectivity index (χ4v) is 7.00. The summed E-state index contributed by atoms with van der Waals surface area (Å²) in [5.41, 5.74) is 1.38. The second-order valence-corrected chi connectivity index (χ2v) is 16.3. The van der Waals surface area contributed by atoms with Crippen molar-refractivity contribution in [3.05, 3.63) is 65.2 Å². The third kappa shape index (κ3) is 13.7. The summed E-state index contributed by atoms with van der Waals surface area (Å²) in [5.74, 6) is 1.29. The number of carbonyl (C=O) groups is 5. The molecule has 3 amide bonds. The van der Waals surface area contributed by atoms with Gasteiger partial charge in [-0.1, -0.05) is 55.2 Å². The molecule has 1 saturated heterocycles. The molecule has 0 saturated carbocycles. The Bertz CT molecular complexity index is 1770. The van der Waals surface area contributed by atoms with Crippen molar-refractivity contribution in [3.8, 4) is 12.3 Å². The zero-order valence-electron chi connectivity index (χ0n) is 34.5. The van der Waals surface area contributed by atoms with Crippen molar-refractivity contribution in [2.24, 2.45) is 15.6 Å². The number of rotatable bonds is 25. The van der Waals surface area contributed by atoms with E-state index >= 15 is 0 Å². The summed E-state index contributed by atoms with van der Waals surface area (Å²) in [6.45, 7) is 1.39. The molecule has 14 heteroatoms. The number of amides is 3. The van der Waals surface area contributed by atoms with E-state index in [1.807, 2.05) is 76.6 Å². The lowest BCUT2D eigenvalue weighted by atomic mass is 9.86. The standard InChI is InChI=1S/C44H60N6O8/c1-6-27-45-41(55)44(30-57-40(58-31-44)33-21-23-34(24-22-33)43(2)48-49-43)42(56)46-28-12-11-16-37(50(3,4)5)38(53)17-13-14-32-19-25-35(26-20-32)47-39(54)18-10-8-7-9-15-36(52)29-51/h1,19-26,37,40,51H,7-18,27-31H2,2-5H3,(H2-,45,46,47,54,55,56)/p+1/t37-,40?,44?/m0/s1. The van der Waals surface area contributed by atoms with Crippen molar-refractivity contribution in [3.63, 3.8) is 0 Å². The molecule has 0 aliphatic carbocycles. The highest BCUT2D eigenvalue weighted by Crippen LogP contribution is 2.40. The number of aliphatic hydroxyl groups excluding tert-OH is 1. The summed E-state index contributed by atoms with van der Waals surface area (Å²) in [6, 6.07) is 15.0. The van der Waals surface area contributed by atoms with E-state index in [4.69, 9.17) is 21.0 Å². The number of hydrogen-bond donors (Lipinski definition) is 4. The molecule has 4 rings (SSSR count).